The summed E-state index contributed by atoms with van der Waals surface area (Å²) in [5.74, 6) is -0.841. The molecular formula is C24H20ClNO5S. The van der Waals surface area contributed by atoms with Gasteiger partial charge in [0.25, 0.3) is 5.91 Å². The molecule has 0 atom stereocenters. The Balaban J connectivity index is 1.54. The van der Waals surface area contributed by atoms with Gasteiger partial charge in [0.05, 0.1) is 12.8 Å². The third-order valence-electron chi connectivity index (χ3n) is 4.16. The second kappa shape index (κ2) is 11.3. The maximum Gasteiger partial charge on any atom is 0.331 e. The van der Waals surface area contributed by atoms with E-state index in [1.165, 1.54) is 37.1 Å². The van der Waals surface area contributed by atoms with E-state index >= 15 is 0 Å². The molecule has 0 aliphatic rings. The third kappa shape index (κ3) is 6.80. The number of carbonyl (C=O) groups is 2. The largest absolute Gasteiger partial charge is 0.504 e. The zero-order chi connectivity index (χ0) is 22.9. The number of ether oxygens (including phenoxy) is 2. The Bertz CT molecular complexity index is 1130. The Morgan fingerprint density at radius 1 is 1.09 bits per heavy atom. The van der Waals surface area contributed by atoms with E-state index in [0.29, 0.717) is 16.3 Å². The molecule has 0 fully saturated rings. The van der Waals surface area contributed by atoms with Crippen LogP contribution in [0.25, 0.3) is 6.08 Å². The summed E-state index contributed by atoms with van der Waals surface area (Å²) >= 11 is 7.40. The summed E-state index contributed by atoms with van der Waals surface area (Å²) < 4.78 is 10.0. The number of methoxy groups -OCH3 is 1. The van der Waals surface area contributed by atoms with Crippen LogP contribution in [-0.4, -0.2) is 30.7 Å². The monoisotopic (exact) mass is 469 g/mol. The molecule has 0 saturated carbocycles. The van der Waals surface area contributed by atoms with Crippen LogP contribution in [0.3, 0.4) is 0 Å². The number of hydrogen-bond acceptors (Lipinski definition) is 6. The molecule has 0 aromatic heterocycles. The molecule has 2 N–H and O–H groups in total. The van der Waals surface area contributed by atoms with Crippen molar-refractivity contribution >= 4 is 47.0 Å². The van der Waals surface area contributed by atoms with Crippen LogP contribution in [0.4, 0.5) is 5.69 Å². The van der Waals surface area contributed by atoms with Gasteiger partial charge in [-0.1, -0.05) is 41.6 Å². The van der Waals surface area contributed by atoms with Crippen molar-refractivity contribution in [3.05, 3.63) is 83.4 Å². The summed E-state index contributed by atoms with van der Waals surface area (Å²) in [6.45, 7) is -0.429. The van der Waals surface area contributed by atoms with E-state index in [1.54, 1.807) is 30.3 Å². The van der Waals surface area contributed by atoms with Crippen LogP contribution >= 0.6 is 23.4 Å². The molecule has 3 aromatic rings. The van der Waals surface area contributed by atoms with Crippen LogP contribution in [0.1, 0.15) is 5.56 Å². The number of rotatable bonds is 8. The average Bonchev–Trinajstić information content (AvgIpc) is 2.80. The summed E-state index contributed by atoms with van der Waals surface area (Å²) in [5, 5.41) is 13.0. The fraction of sp³-hybridized carbons (Fsp3) is 0.0833. The Kier molecular flexibility index (Phi) is 8.19. The summed E-state index contributed by atoms with van der Waals surface area (Å²) in [5.41, 5.74) is 1.24. The SMILES string of the molecule is COc1cc(/C=C/C(=O)OCC(=O)Nc2ccccc2Sc2ccc(Cl)cc2)ccc1O. The summed E-state index contributed by atoms with van der Waals surface area (Å²) in [7, 11) is 1.43. The van der Waals surface area contributed by atoms with E-state index in [-0.39, 0.29) is 11.5 Å². The number of esters is 1. The Morgan fingerprint density at radius 2 is 1.84 bits per heavy atom. The molecule has 0 aliphatic carbocycles. The molecule has 0 aliphatic heterocycles. The first-order valence-electron chi connectivity index (χ1n) is 9.49. The quantitative estimate of drug-likeness (QED) is 0.339. The summed E-state index contributed by atoms with van der Waals surface area (Å²) in [6.07, 6.45) is 2.70. The van der Waals surface area contributed by atoms with E-state index < -0.39 is 18.5 Å². The zero-order valence-corrected chi connectivity index (χ0v) is 18.7. The van der Waals surface area contributed by atoms with Crippen molar-refractivity contribution in [1.82, 2.24) is 0 Å². The number of phenolic OH excluding ortho intramolecular Hbond substituents is 1. The second-order valence-corrected chi connectivity index (χ2v) is 8.02. The van der Waals surface area contributed by atoms with E-state index in [2.05, 4.69) is 5.32 Å². The lowest BCUT2D eigenvalue weighted by Gasteiger charge is -2.11. The first-order chi connectivity index (χ1) is 15.4. The lowest BCUT2D eigenvalue weighted by Crippen LogP contribution is -2.20. The zero-order valence-electron chi connectivity index (χ0n) is 17.1. The number of benzene rings is 3. The highest BCUT2D eigenvalue weighted by molar-refractivity contribution is 7.99. The van der Waals surface area contributed by atoms with Gasteiger partial charge in [-0.3, -0.25) is 4.79 Å². The van der Waals surface area contributed by atoms with Gasteiger partial charge in [-0.05, 0) is 60.2 Å². The van der Waals surface area contributed by atoms with Gasteiger partial charge in [-0.2, -0.15) is 0 Å². The molecule has 0 heterocycles. The summed E-state index contributed by atoms with van der Waals surface area (Å²) in [6, 6.07) is 19.4. The van der Waals surface area contributed by atoms with Gasteiger partial charge in [-0.25, -0.2) is 4.79 Å². The standard InChI is InChI=1S/C24H20ClNO5S/c1-30-21-14-16(6-12-20(21)27)7-13-24(29)31-15-23(28)26-19-4-2-3-5-22(19)32-18-10-8-17(25)9-11-18/h2-14,27H,15H2,1H3,(H,26,28)/b13-7+. The predicted octanol–water partition coefficient (Wildman–Crippen LogP) is 5.40. The van der Waals surface area contributed by atoms with Crippen molar-refractivity contribution in [2.45, 2.75) is 9.79 Å². The Labute approximate surface area is 194 Å². The third-order valence-corrected chi connectivity index (χ3v) is 5.50. The Morgan fingerprint density at radius 3 is 2.59 bits per heavy atom. The van der Waals surface area contributed by atoms with E-state index in [0.717, 1.165) is 9.79 Å². The molecule has 0 unspecified atom stereocenters. The maximum absolute atomic E-state index is 12.3. The van der Waals surface area contributed by atoms with Crippen molar-refractivity contribution in [1.29, 1.82) is 0 Å². The van der Waals surface area contributed by atoms with Gasteiger partial charge in [0, 0.05) is 20.9 Å². The van der Waals surface area contributed by atoms with Gasteiger partial charge < -0.3 is 19.9 Å². The van der Waals surface area contributed by atoms with Crippen molar-refractivity contribution in [2.75, 3.05) is 19.0 Å². The number of amides is 1. The molecular weight excluding hydrogens is 450 g/mol. The number of carbonyl (C=O) groups excluding carboxylic acids is 2. The minimum atomic E-state index is -0.670. The van der Waals surface area contributed by atoms with Gasteiger partial charge in [-0.15, -0.1) is 0 Å². The Hall–Kier alpha value is -3.42. The van der Waals surface area contributed by atoms with E-state index in [9.17, 15) is 14.7 Å². The first kappa shape index (κ1) is 23.2. The van der Waals surface area contributed by atoms with Gasteiger partial charge in [0.1, 0.15) is 0 Å². The van der Waals surface area contributed by atoms with Crippen LogP contribution in [-0.2, 0) is 14.3 Å². The van der Waals surface area contributed by atoms with Gasteiger partial charge in [0.15, 0.2) is 18.1 Å². The predicted molar refractivity (Wildman–Crippen MR) is 125 cm³/mol. The highest BCUT2D eigenvalue weighted by Crippen LogP contribution is 2.33. The van der Waals surface area contributed by atoms with Crippen molar-refractivity contribution < 1.29 is 24.2 Å². The van der Waals surface area contributed by atoms with Crippen LogP contribution in [0.15, 0.2) is 82.6 Å². The molecule has 1 amide bonds. The number of hydrogen-bond donors (Lipinski definition) is 2. The molecule has 6 nitrogen and oxygen atoms in total. The highest BCUT2D eigenvalue weighted by Gasteiger charge is 2.10. The van der Waals surface area contributed by atoms with E-state index in [4.69, 9.17) is 21.1 Å². The van der Waals surface area contributed by atoms with Gasteiger partial charge in [0.2, 0.25) is 0 Å². The number of aromatic hydroxyl groups is 1. The van der Waals surface area contributed by atoms with Gasteiger partial charge >= 0.3 is 5.97 Å². The minimum Gasteiger partial charge on any atom is -0.504 e. The molecule has 0 bridgehead atoms. The van der Waals surface area contributed by atoms with Crippen molar-refractivity contribution in [2.24, 2.45) is 0 Å². The van der Waals surface area contributed by atoms with Crippen LogP contribution in [0, 0.1) is 0 Å². The lowest BCUT2D eigenvalue weighted by atomic mass is 10.2. The summed E-state index contributed by atoms with van der Waals surface area (Å²) in [4.78, 5) is 26.0. The molecule has 164 valence electrons. The topological polar surface area (TPSA) is 84.9 Å². The van der Waals surface area contributed by atoms with Crippen LogP contribution in [0.5, 0.6) is 11.5 Å². The highest BCUT2D eigenvalue weighted by atomic mass is 35.5. The number of nitrogens with one attached hydrogen (secondary N) is 1. The number of anilines is 1. The number of phenols is 1. The smallest absolute Gasteiger partial charge is 0.331 e. The second-order valence-electron chi connectivity index (χ2n) is 6.47. The number of para-hydroxylation sites is 1. The molecule has 3 rings (SSSR count). The number of halogens is 1. The average molecular weight is 470 g/mol. The molecule has 32 heavy (non-hydrogen) atoms. The molecule has 8 heteroatoms. The molecule has 3 aromatic carbocycles. The minimum absolute atomic E-state index is 0.00148. The van der Waals surface area contributed by atoms with E-state index in [1.807, 2.05) is 30.3 Å². The molecule has 0 radical (unpaired) electrons. The van der Waals surface area contributed by atoms with Crippen LogP contribution in [0.2, 0.25) is 5.02 Å². The molecule has 0 spiro atoms. The maximum atomic E-state index is 12.3. The fourth-order valence-electron chi connectivity index (χ4n) is 2.62. The lowest BCUT2D eigenvalue weighted by molar-refractivity contribution is -0.142. The first-order valence-corrected chi connectivity index (χ1v) is 10.7. The normalized spacial score (nSPS) is 10.7. The fourth-order valence-corrected chi connectivity index (χ4v) is 3.65. The molecule has 0 saturated heterocycles. The van der Waals surface area contributed by atoms with Crippen molar-refractivity contribution in [3.8, 4) is 11.5 Å². The van der Waals surface area contributed by atoms with Crippen LogP contribution < -0.4 is 10.1 Å². The van der Waals surface area contributed by atoms with Crippen molar-refractivity contribution in [3.63, 3.8) is 0 Å².